The Balaban J connectivity index is 2.28. The molecule has 1 aromatic rings. The van der Waals surface area contributed by atoms with Gasteiger partial charge < -0.3 is 25.4 Å². The number of methoxy groups -OCH3 is 1. The topological polar surface area (TPSA) is 108 Å². The third kappa shape index (κ3) is 6.95. The summed E-state index contributed by atoms with van der Waals surface area (Å²) in [5.41, 5.74) is 1.99. The SMILES string of the molecule is COCC[C@H](NC(=O)[C@@H]1Cc2ccccc2CN1C(=O)[C@@H](NCCCS)C(C)C)C(=O)O. The summed E-state index contributed by atoms with van der Waals surface area (Å²) in [7, 11) is 1.48. The van der Waals surface area contributed by atoms with Crippen LogP contribution in [0.5, 0.6) is 0 Å². The number of carboxylic acid groups (broad SMARTS) is 1. The first-order valence-corrected chi connectivity index (χ1v) is 11.7. The van der Waals surface area contributed by atoms with E-state index in [1.54, 1.807) is 4.90 Å². The number of nitrogens with zero attached hydrogens (tertiary/aromatic N) is 1. The summed E-state index contributed by atoms with van der Waals surface area (Å²) in [5, 5.41) is 15.4. The lowest BCUT2D eigenvalue weighted by Gasteiger charge is -2.39. The van der Waals surface area contributed by atoms with Gasteiger partial charge in [0.2, 0.25) is 11.8 Å². The summed E-state index contributed by atoms with van der Waals surface area (Å²) in [4.78, 5) is 40.0. The van der Waals surface area contributed by atoms with Crippen molar-refractivity contribution in [3.8, 4) is 0 Å². The first kappa shape index (κ1) is 26.2. The van der Waals surface area contributed by atoms with E-state index in [-0.39, 0.29) is 24.9 Å². The Morgan fingerprint density at radius 2 is 1.94 bits per heavy atom. The number of thiol groups is 1. The standard InChI is InChI=1S/C23H35N3O5S/c1-15(2)20(24-10-6-12-32)22(28)26-14-17-8-5-4-7-16(17)13-19(26)21(27)25-18(23(29)30)9-11-31-3/h4-5,7-8,15,18-20,24,32H,6,9-14H2,1-3H3,(H,25,27)(H,29,30)/t18-,19-,20-/m0/s1. The number of hydrogen-bond donors (Lipinski definition) is 4. The van der Waals surface area contributed by atoms with Crippen LogP contribution in [0.1, 0.15) is 37.8 Å². The highest BCUT2D eigenvalue weighted by atomic mass is 32.1. The predicted octanol–water partition coefficient (Wildman–Crippen LogP) is 1.48. The second-order valence-electron chi connectivity index (χ2n) is 8.39. The van der Waals surface area contributed by atoms with Gasteiger partial charge in [0.15, 0.2) is 0 Å². The van der Waals surface area contributed by atoms with Gasteiger partial charge in [0, 0.05) is 33.1 Å². The number of amides is 2. The molecule has 0 spiro atoms. The smallest absolute Gasteiger partial charge is 0.326 e. The molecule has 0 aromatic heterocycles. The molecular weight excluding hydrogens is 430 g/mol. The number of ether oxygens (including phenoxy) is 1. The molecule has 9 heteroatoms. The van der Waals surface area contributed by atoms with Gasteiger partial charge in [-0.2, -0.15) is 12.6 Å². The van der Waals surface area contributed by atoms with Crippen LogP contribution in [-0.4, -0.2) is 71.9 Å². The monoisotopic (exact) mass is 465 g/mol. The van der Waals surface area contributed by atoms with Crippen molar-refractivity contribution in [2.24, 2.45) is 5.92 Å². The van der Waals surface area contributed by atoms with E-state index in [9.17, 15) is 19.5 Å². The molecule has 1 aliphatic heterocycles. The summed E-state index contributed by atoms with van der Waals surface area (Å²) in [6.45, 7) is 5.10. The van der Waals surface area contributed by atoms with Gasteiger partial charge in [-0.25, -0.2) is 4.79 Å². The number of hydrogen-bond acceptors (Lipinski definition) is 6. The fourth-order valence-electron chi connectivity index (χ4n) is 3.87. The second-order valence-corrected chi connectivity index (χ2v) is 8.84. The first-order valence-electron chi connectivity index (χ1n) is 11.0. The summed E-state index contributed by atoms with van der Waals surface area (Å²) in [6.07, 6.45) is 1.31. The van der Waals surface area contributed by atoms with Gasteiger partial charge in [-0.15, -0.1) is 0 Å². The molecule has 178 valence electrons. The fraction of sp³-hybridized carbons (Fsp3) is 0.609. The Kier molecular flexibility index (Phi) is 10.5. The van der Waals surface area contributed by atoms with Crippen molar-refractivity contribution in [2.45, 2.75) is 57.8 Å². The number of carbonyl (C=O) groups is 3. The normalized spacial score (nSPS) is 17.5. The van der Waals surface area contributed by atoms with E-state index in [0.29, 0.717) is 25.3 Å². The Morgan fingerprint density at radius 1 is 1.25 bits per heavy atom. The Labute approximate surface area is 195 Å². The Hall–Kier alpha value is -2.10. The van der Waals surface area contributed by atoms with Gasteiger partial charge in [-0.1, -0.05) is 38.1 Å². The van der Waals surface area contributed by atoms with Crippen LogP contribution in [0.25, 0.3) is 0 Å². The number of carbonyl (C=O) groups excluding carboxylic acids is 2. The molecule has 3 N–H and O–H groups in total. The van der Waals surface area contributed by atoms with E-state index in [1.165, 1.54) is 7.11 Å². The molecule has 0 saturated carbocycles. The molecule has 1 aliphatic rings. The van der Waals surface area contributed by atoms with E-state index < -0.39 is 30.0 Å². The molecule has 0 saturated heterocycles. The van der Waals surface area contributed by atoms with Crippen LogP contribution in [0, 0.1) is 5.92 Å². The molecule has 1 aromatic carbocycles. The molecule has 0 radical (unpaired) electrons. The molecule has 0 unspecified atom stereocenters. The van der Waals surface area contributed by atoms with E-state index >= 15 is 0 Å². The third-order valence-corrected chi connectivity index (χ3v) is 6.01. The Bertz CT molecular complexity index is 789. The van der Waals surface area contributed by atoms with Gasteiger partial charge in [0.25, 0.3) is 0 Å². The van der Waals surface area contributed by atoms with Crippen LogP contribution >= 0.6 is 12.6 Å². The highest BCUT2D eigenvalue weighted by Gasteiger charge is 2.39. The van der Waals surface area contributed by atoms with Crippen molar-refractivity contribution >= 4 is 30.4 Å². The molecule has 0 aliphatic carbocycles. The lowest BCUT2D eigenvalue weighted by molar-refractivity contribution is -0.147. The fourth-order valence-corrected chi connectivity index (χ4v) is 4.03. The lowest BCUT2D eigenvalue weighted by Crippen LogP contribution is -2.59. The number of benzene rings is 1. The molecule has 2 rings (SSSR count). The Morgan fingerprint density at radius 3 is 2.53 bits per heavy atom. The lowest BCUT2D eigenvalue weighted by atomic mass is 9.91. The maximum Gasteiger partial charge on any atom is 0.326 e. The van der Waals surface area contributed by atoms with Gasteiger partial charge in [-0.05, 0) is 35.8 Å². The van der Waals surface area contributed by atoms with Crippen molar-refractivity contribution in [3.05, 3.63) is 35.4 Å². The first-order chi connectivity index (χ1) is 15.3. The average Bonchev–Trinajstić information content (AvgIpc) is 2.77. The van der Waals surface area contributed by atoms with Crippen LogP contribution in [0.3, 0.4) is 0 Å². The minimum Gasteiger partial charge on any atom is -0.480 e. The van der Waals surface area contributed by atoms with E-state index in [1.807, 2.05) is 38.1 Å². The number of rotatable bonds is 12. The minimum atomic E-state index is -1.13. The zero-order chi connectivity index (χ0) is 23.7. The quantitative estimate of drug-likeness (QED) is 0.275. The van der Waals surface area contributed by atoms with Crippen LogP contribution in [0.4, 0.5) is 0 Å². The van der Waals surface area contributed by atoms with Gasteiger partial charge in [0.1, 0.15) is 12.1 Å². The van der Waals surface area contributed by atoms with Crippen molar-refractivity contribution in [1.29, 1.82) is 0 Å². The number of fused-ring (bicyclic) bond motifs is 1. The number of nitrogens with one attached hydrogen (secondary N) is 2. The summed E-state index contributed by atoms with van der Waals surface area (Å²) < 4.78 is 4.97. The van der Waals surface area contributed by atoms with Crippen molar-refractivity contribution in [2.75, 3.05) is 26.0 Å². The zero-order valence-electron chi connectivity index (χ0n) is 19.0. The molecule has 3 atom stereocenters. The molecule has 0 fully saturated rings. The largest absolute Gasteiger partial charge is 0.480 e. The molecule has 32 heavy (non-hydrogen) atoms. The summed E-state index contributed by atoms with van der Waals surface area (Å²) in [5.74, 6) is -1.01. The molecule has 2 amide bonds. The minimum absolute atomic E-state index is 0.0248. The van der Waals surface area contributed by atoms with Gasteiger partial charge >= 0.3 is 5.97 Å². The van der Waals surface area contributed by atoms with E-state index in [2.05, 4.69) is 23.3 Å². The number of carboxylic acids is 1. The molecular formula is C23H35N3O5S. The zero-order valence-corrected chi connectivity index (χ0v) is 19.9. The van der Waals surface area contributed by atoms with Crippen LogP contribution in [0.2, 0.25) is 0 Å². The molecule has 0 bridgehead atoms. The van der Waals surface area contributed by atoms with Crippen LogP contribution in [-0.2, 0) is 32.1 Å². The second kappa shape index (κ2) is 12.8. The van der Waals surface area contributed by atoms with E-state index in [0.717, 1.165) is 17.5 Å². The van der Waals surface area contributed by atoms with Crippen LogP contribution in [0.15, 0.2) is 24.3 Å². The molecule has 8 nitrogen and oxygen atoms in total. The van der Waals surface area contributed by atoms with Gasteiger partial charge in [0.05, 0.1) is 6.04 Å². The summed E-state index contributed by atoms with van der Waals surface area (Å²) >= 11 is 4.23. The third-order valence-electron chi connectivity index (χ3n) is 5.69. The summed E-state index contributed by atoms with van der Waals surface area (Å²) in [6, 6.07) is 5.42. The van der Waals surface area contributed by atoms with Crippen molar-refractivity contribution in [1.82, 2.24) is 15.5 Å². The highest BCUT2D eigenvalue weighted by Crippen LogP contribution is 2.25. The highest BCUT2D eigenvalue weighted by molar-refractivity contribution is 7.80. The van der Waals surface area contributed by atoms with Crippen LogP contribution < -0.4 is 10.6 Å². The predicted molar refractivity (Wildman–Crippen MR) is 126 cm³/mol. The maximum atomic E-state index is 13.6. The average molecular weight is 466 g/mol. The molecule has 1 heterocycles. The van der Waals surface area contributed by atoms with Gasteiger partial charge in [-0.3, -0.25) is 9.59 Å². The van der Waals surface area contributed by atoms with E-state index in [4.69, 9.17) is 4.74 Å². The number of aliphatic carboxylic acids is 1. The maximum absolute atomic E-state index is 13.6. The van der Waals surface area contributed by atoms with Crippen molar-refractivity contribution < 1.29 is 24.2 Å². The van der Waals surface area contributed by atoms with Crippen molar-refractivity contribution in [3.63, 3.8) is 0 Å².